The Morgan fingerprint density at radius 2 is 1.71 bits per heavy atom. The highest BCUT2D eigenvalue weighted by molar-refractivity contribution is 6.00. The highest BCUT2D eigenvalue weighted by Crippen LogP contribution is 2.30. The van der Waals surface area contributed by atoms with Gasteiger partial charge < -0.3 is 19.1 Å². The molecule has 6 nitrogen and oxygen atoms in total. The summed E-state index contributed by atoms with van der Waals surface area (Å²) in [6.45, 7) is 4.05. The Kier molecular flexibility index (Phi) is 5.87. The molecule has 0 saturated carbocycles. The molecule has 148 valence electrons. The fourth-order valence-electron chi connectivity index (χ4n) is 3.46. The van der Waals surface area contributed by atoms with Gasteiger partial charge in [0.25, 0.3) is 5.91 Å². The average molecular weight is 383 g/mol. The van der Waals surface area contributed by atoms with Crippen LogP contribution in [-0.4, -0.2) is 38.7 Å². The molecule has 0 fully saturated rings. The van der Waals surface area contributed by atoms with Crippen molar-refractivity contribution < 1.29 is 23.8 Å². The summed E-state index contributed by atoms with van der Waals surface area (Å²) in [6, 6.07) is 11.0. The second-order valence-corrected chi connectivity index (χ2v) is 6.78. The number of hydrogen-bond acceptors (Lipinski definition) is 5. The Balaban J connectivity index is 1.77. The van der Waals surface area contributed by atoms with Crippen molar-refractivity contribution in [2.75, 3.05) is 25.7 Å². The number of fused-ring (bicyclic) bond motifs is 1. The Morgan fingerprint density at radius 1 is 1.07 bits per heavy atom. The molecule has 0 aromatic heterocycles. The molecule has 2 aromatic carbocycles. The minimum absolute atomic E-state index is 0.230. The first-order valence-electron chi connectivity index (χ1n) is 9.29. The van der Waals surface area contributed by atoms with Crippen molar-refractivity contribution in [3.05, 3.63) is 53.1 Å². The maximum Gasteiger partial charge on any atom is 0.339 e. The molecule has 1 atom stereocenters. The molecular formula is C22H25NO5. The summed E-state index contributed by atoms with van der Waals surface area (Å²) >= 11 is 0. The standard InChI is InChI=1S/C22H25NO5/c1-14-19(26-3)12-17(13-20(14)27-4)22(25)28-15(2)21(24)23-11-7-9-16-8-5-6-10-18(16)23/h5-6,8,10,12-13,15H,7,9,11H2,1-4H3. The van der Waals surface area contributed by atoms with E-state index in [2.05, 4.69) is 0 Å². The minimum atomic E-state index is -0.906. The van der Waals surface area contributed by atoms with E-state index in [4.69, 9.17) is 14.2 Å². The van der Waals surface area contributed by atoms with E-state index in [0.29, 0.717) is 18.0 Å². The zero-order chi connectivity index (χ0) is 20.3. The third-order valence-corrected chi connectivity index (χ3v) is 5.00. The van der Waals surface area contributed by atoms with Crippen molar-refractivity contribution >= 4 is 17.6 Å². The number of nitrogens with zero attached hydrogens (tertiary/aromatic N) is 1. The maximum absolute atomic E-state index is 12.9. The quantitative estimate of drug-likeness (QED) is 0.739. The number of rotatable bonds is 5. The van der Waals surface area contributed by atoms with Crippen LogP contribution in [0.1, 0.15) is 34.8 Å². The van der Waals surface area contributed by atoms with Gasteiger partial charge in [-0.05, 0) is 50.5 Å². The molecule has 28 heavy (non-hydrogen) atoms. The number of methoxy groups -OCH3 is 2. The van der Waals surface area contributed by atoms with E-state index in [1.165, 1.54) is 14.2 Å². The molecule has 6 heteroatoms. The monoisotopic (exact) mass is 383 g/mol. The van der Waals surface area contributed by atoms with Crippen molar-refractivity contribution in [2.24, 2.45) is 0 Å². The Labute approximate surface area is 165 Å². The van der Waals surface area contributed by atoms with E-state index in [0.717, 1.165) is 29.7 Å². The molecule has 0 spiro atoms. The Bertz CT molecular complexity index is 867. The smallest absolute Gasteiger partial charge is 0.339 e. The predicted octanol–water partition coefficient (Wildman–Crippen LogP) is 3.54. The molecule has 1 heterocycles. The van der Waals surface area contributed by atoms with Gasteiger partial charge >= 0.3 is 5.97 Å². The van der Waals surface area contributed by atoms with Crippen LogP contribution in [0.4, 0.5) is 5.69 Å². The lowest BCUT2D eigenvalue weighted by Crippen LogP contribution is -2.42. The first-order chi connectivity index (χ1) is 13.5. The van der Waals surface area contributed by atoms with Gasteiger partial charge in [-0.25, -0.2) is 4.79 Å². The number of benzene rings is 2. The van der Waals surface area contributed by atoms with Gasteiger partial charge in [0, 0.05) is 17.8 Å². The number of para-hydroxylation sites is 1. The lowest BCUT2D eigenvalue weighted by atomic mass is 10.0. The molecule has 3 rings (SSSR count). The first-order valence-corrected chi connectivity index (χ1v) is 9.29. The summed E-state index contributed by atoms with van der Waals surface area (Å²) in [4.78, 5) is 27.3. The number of esters is 1. The van der Waals surface area contributed by atoms with Gasteiger partial charge in [-0.15, -0.1) is 0 Å². The van der Waals surface area contributed by atoms with Crippen molar-refractivity contribution in [3.8, 4) is 11.5 Å². The molecule has 1 aliphatic heterocycles. The molecule has 0 radical (unpaired) electrons. The Hall–Kier alpha value is -3.02. The van der Waals surface area contributed by atoms with Gasteiger partial charge in [0.1, 0.15) is 11.5 Å². The van der Waals surface area contributed by atoms with Crippen molar-refractivity contribution in [3.63, 3.8) is 0 Å². The zero-order valence-corrected chi connectivity index (χ0v) is 16.7. The topological polar surface area (TPSA) is 65.1 Å². The SMILES string of the molecule is COc1cc(C(=O)OC(C)C(=O)N2CCCc3ccccc32)cc(OC)c1C. The zero-order valence-electron chi connectivity index (χ0n) is 16.7. The lowest BCUT2D eigenvalue weighted by molar-refractivity contribution is -0.126. The summed E-state index contributed by atoms with van der Waals surface area (Å²) < 4.78 is 16.1. The molecular weight excluding hydrogens is 358 g/mol. The second kappa shape index (κ2) is 8.33. The van der Waals surface area contributed by atoms with E-state index >= 15 is 0 Å². The molecule has 0 N–H and O–H groups in total. The van der Waals surface area contributed by atoms with Gasteiger partial charge in [0.2, 0.25) is 0 Å². The van der Waals surface area contributed by atoms with Crippen molar-refractivity contribution in [2.45, 2.75) is 32.8 Å². The molecule has 1 unspecified atom stereocenters. The number of carbonyl (C=O) groups excluding carboxylic acids is 2. The van der Waals surface area contributed by atoms with Crippen LogP contribution in [0.5, 0.6) is 11.5 Å². The number of hydrogen-bond donors (Lipinski definition) is 0. The fourth-order valence-corrected chi connectivity index (χ4v) is 3.46. The highest BCUT2D eigenvalue weighted by Gasteiger charge is 2.29. The summed E-state index contributed by atoms with van der Waals surface area (Å²) in [5.74, 6) is 0.222. The van der Waals surface area contributed by atoms with Crippen LogP contribution in [0.15, 0.2) is 36.4 Å². The molecule has 0 saturated heterocycles. The van der Waals surface area contributed by atoms with Crippen molar-refractivity contribution in [1.82, 2.24) is 0 Å². The van der Waals surface area contributed by atoms with Gasteiger partial charge in [0.15, 0.2) is 6.10 Å². The number of anilines is 1. The number of carbonyl (C=O) groups is 2. The van der Waals surface area contributed by atoms with E-state index in [9.17, 15) is 9.59 Å². The van der Waals surface area contributed by atoms with Crippen LogP contribution in [0.25, 0.3) is 0 Å². The van der Waals surface area contributed by atoms with Gasteiger partial charge in [-0.1, -0.05) is 18.2 Å². The summed E-state index contributed by atoms with van der Waals surface area (Å²) in [6.07, 6.45) is 0.921. The highest BCUT2D eigenvalue weighted by atomic mass is 16.5. The number of aryl methyl sites for hydroxylation is 1. The molecule has 0 aliphatic carbocycles. The van der Waals surface area contributed by atoms with Gasteiger partial charge in [-0.3, -0.25) is 4.79 Å². The molecule has 0 bridgehead atoms. The molecule has 2 aromatic rings. The van der Waals surface area contributed by atoms with Crippen LogP contribution in [0.3, 0.4) is 0 Å². The van der Waals surface area contributed by atoms with Crippen LogP contribution in [0, 0.1) is 6.92 Å². The van der Waals surface area contributed by atoms with Crippen LogP contribution in [-0.2, 0) is 16.0 Å². The van der Waals surface area contributed by atoms with Crippen molar-refractivity contribution in [1.29, 1.82) is 0 Å². The van der Waals surface area contributed by atoms with E-state index in [-0.39, 0.29) is 11.5 Å². The third-order valence-electron chi connectivity index (χ3n) is 5.00. The third kappa shape index (κ3) is 3.81. The van der Waals surface area contributed by atoms with E-state index in [1.54, 1.807) is 24.0 Å². The average Bonchev–Trinajstić information content (AvgIpc) is 2.72. The summed E-state index contributed by atoms with van der Waals surface area (Å²) in [7, 11) is 3.05. The number of ether oxygens (including phenoxy) is 3. The lowest BCUT2D eigenvalue weighted by Gasteiger charge is -2.31. The van der Waals surface area contributed by atoms with E-state index in [1.807, 2.05) is 31.2 Å². The normalized spacial score (nSPS) is 14.1. The van der Waals surface area contributed by atoms with Crippen LogP contribution < -0.4 is 14.4 Å². The molecule has 1 amide bonds. The molecule has 1 aliphatic rings. The van der Waals surface area contributed by atoms with Gasteiger partial charge in [0.05, 0.1) is 19.8 Å². The summed E-state index contributed by atoms with van der Waals surface area (Å²) in [5.41, 5.74) is 3.09. The minimum Gasteiger partial charge on any atom is -0.496 e. The maximum atomic E-state index is 12.9. The summed E-state index contributed by atoms with van der Waals surface area (Å²) in [5, 5.41) is 0. The largest absolute Gasteiger partial charge is 0.496 e. The second-order valence-electron chi connectivity index (χ2n) is 6.78. The van der Waals surface area contributed by atoms with Gasteiger partial charge in [-0.2, -0.15) is 0 Å². The Morgan fingerprint density at radius 3 is 2.36 bits per heavy atom. The van der Waals surface area contributed by atoms with E-state index < -0.39 is 12.1 Å². The fraction of sp³-hybridized carbons (Fsp3) is 0.364. The van der Waals surface area contributed by atoms with Crippen LogP contribution >= 0.6 is 0 Å². The predicted molar refractivity (Wildman–Crippen MR) is 106 cm³/mol. The first kappa shape index (κ1) is 19.7. The van der Waals surface area contributed by atoms with Crippen LogP contribution in [0.2, 0.25) is 0 Å². The number of amides is 1.